The second kappa shape index (κ2) is 5.78. The number of hydrogen-bond donors (Lipinski definition) is 1. The van der Waals surface area contributed by atoms with Crippen LogP contribution in [0.1, 0.15) is 57.2 Å². The molecule has 20 heavy (non-hydrogen) atoms. The summed E-state index contributed by atoms with van der Waals surface area (Å²) >= 11 is 1.86. The third-order valence-corrected chi connectivity index (χ3v) is 6.22. The van der Waals surface area contributed by atoms with Crippen LogP contribution in [0.15, 0.2) is 17.5 Å². The van der Waals surface area contributed by atoms with Crippen molar-refractivity contribution < 1.29 is 4.74 Å². The summed E-state index contributed by atoms with van der Waals surface area (Å²) in [6, 6.07) is 4.39. The van der Waals surface area contributed by atoms with Crippen LogP contribution in [0.5, 0.6) is 0 Å². The lowest BCUT2D eigenvalue weighted by Gasteiger charge is -2.26. The van der Waals surface area contributed by atoms with E-state index < -0.39 is 0 Å². The lowest BCUT2D eigenvalue weighted by molar-refractivity contribution is -0.0352. The summed E-state index contributed by atoms with van der Waals surface area (Å²) in [6.45, 7) is 6.68. The maximum Gasteiger partial charge on any atom is 0.0708 e. The summed E-state index contributed by atoms with van der Waals surface area (Å²) in [5.74, 6) is 0. The highest BCUT2D eigenvalue weighted by Gasteiger charge is 2.41. The number of hydrogen-bond acceptors (Lipinski definition) is 3. The second-order valence-electron chi connectivity index (χ2n) is 7.16. The molecule has 1 aliphatic heterocycles. The topological polar surface area (TPSA) is 21.3 Å². The number of thiophene rings is 1. The molecule has 0 amide bonds. The Hall–Kier alpha value is -0.380. The van der Waals surface area contributed by atoms with Gasteiger partial charge in [-0.2, -0.15) is 0 Å². The Morgan fingerprint density at radius 3 is 2.85 bits per heavy atom. The molecule has 3 rings (SSSR count). The van der Waals surface area contributed by atoms with Crippen LogP contribution < -0.4 is 5.32 Å². The molecule has 1 aromatic heterocycles. The van der Waals surface area contributed by atoms with Gasteiger partial charge in [0.05, 0.1) is 11.7 Å². The highest BCUT2D eigenvalue weighted by molar-refractivity contribution is 7.10. The summed E-state index contributed by atoms with van der Waals surface area (Å²) in [4.78, 5) is 1.46. The average Bonchev–Trinajstić information content (AvgIpc) is 3.14. The molecule has 0 bridgehead atoms. The van der Waals surface area contributed by atoms with Crippen molar-refractivity contribution >= 4 is 11.3 Å². The third-order valence-electron chi connectivity index (χ3n) is 4.98. The fourth-order valence-electron chi connectivity index (χ4n) is 3.72. The van der Waals surface area contributed by atoms with E-state index in [1.165, 1.54) is 43.4 Å². The summed E-state index contributed by atoms with van der Waals surface area (Å²) in [5.41, 5.74) is 0.493. The molecule has 2 fully saturated rings. The van der Waals surface area contributed by atoms with Crippen molar-refractivity contribution in [2.24, 2.45) is 0 Å². The molecule has 1 spiro atoms. The van der Waals surface area contributed by atoms with Gasteiger partial charge in [-0.3, -0.25) is 0 Å². The van der Waals surface area contributed by atoms with Gasteiger partial charge in [-0.15, -0.1) is 11.3 Å². The van der Waals surface area contributed by atoms with Crippen LogP contribution in [-0.4, -0.2) is 24.8 Å². The molecule has 1 saturated heterocycles. The van der Waals surface area contributed by atoms with Crippen molar-refractivity contribution in [3.8, 4) is 0 Å². The minimum Gasteiger partial charge on any atom is -0.370 e. The molecular weight excluding hydrogens is 266 g/mol. The van der Waals surface area contributed by atoms with E-state index >= 15 is 0 Å². The van der Waals surface area contributed by atoms with Crippen molar-refractivity contribution in [3.05, 3.63) is 22.4 Å². The lowest BCUT2D eigenvalue weighted by Crippen LogP contribution is -2.37. The van der Waals surface area contributed by atoms with Crippen LogP contribution >= 0.6 is 11.3 Å². The molecule has 1 unspecified atom stereocenters. The van der Waals surface area contributed by atoms with Crippen LogP contribution in [0.3, 0.4) is 0 Å². The predicted molar refractivity (Wildman–Crippen MR) is 85.5 cm³/mol. The summed E-state index contributed by atoms with van der Waals surface area (Å²) in [6.07, 6.45) is 8.29. The highest BCUT2D eigenvalue weighted by Crippen LogP contribution is 2.43. The monoisotopic (exact) mass is 293 g/mol. The van der Waals surface area contributed by atoms with Crippen LogP contribution in [0.2, 0.25) is 0 Å². The molecule has 1 N–H and O–H groups in total. The maximum atomic E-state index is 6.36. The molecule has 2 nitrogen and oxygen atoms in total. The van der Waals surface area contributed by atoms with Gasteiger partial charge in [0.15, 0.2) is 0 Å². The average molecular weight is 293 g/mol. The molecule has 112 valence electrons. The van der Waals surface area contributed by atoms with Gasteiger partial charge < -0.3 is 10.1 Å². The van der Waals surface area contributed by atoms with E-state index in [4.69, 9.17) is 4.74 Å². The van der Waals surface area contributed by atoms with E-state index in [-0.39, 0.29) is 11.0 Å². The standard InChI is InChI=1S/C17H27NOS/c1-16(2,15-6-5-11-20-15)13-18-12-14-7-10-17(19-14)8-3-4-9-17/h5-6,11,14,18H,3-4,7-10,12-13H2,1-2H3. The van der Waals surface area contributed by atoms with Gasteiger partial charge in [-0.25, -0.2) is 0 Å². The molecule has 2 aliphatic rings. The van der Waals surface area contributed by atoms with Gasteiger partial charge in [-0.1, -0.05) is 32.8 Å². The normalized spacial score (nSPS) is 25.6. The third kappa shape index (κ3) is 3.10. The fraction of sp³-hybridized carbons (Fsp3) is 0.765. The van der Waals surface area contributed by atoms with Crippen molar-refractivity contribution in [2.45, 2.75) is 69.5 Å². The zero-order chi connectivity index (χ0) is 14.1. The van der Waals surface area contributed by atoms with Crippen molar-refractivity contribution in [3.63, 3.8) is 0 Å². The Morgan fingerprint density at radius 1 is 1.35 bits per heavy atom. The highest BCUT2D eigenvalue weighted by atomic mass is 32.1. The Balaban J connectivity index is 1.44. The van der Waals surface area contributed by atoms with Gasteiger partial charge >= 0.3 is 0 Å². The maximum absolute atomic E-state index is 6.36. The largest absolute Gasteiger partial charge is 0.370 e. The molecule has 0 aromatic carbocycles. The first-order chi connectivity index (χ1) is 9.60. The molecule has 1 atom stereocenters. The molecule has 2 heterocycles. The predicted octanol–water partition coefficient (Wildman–Crippen LogP) is 4.11. The van der Waals surface area contributed by atoms with Crippen molar-refractivity contribution in [1.29, 1.82) is 0 Å². The molecule has 1 saturated carbocycles. The van der Waals surface area contributed by atoms with Gasteiger partial charge in [-0.05, 0) is 37.1 Å². The van der Waals surface area contributed by atoms with Gasteiger partial charge in [0.2, 0.25) is 0 Å². The zero-order valence-electron chi connectivity index (χ0n) is 12.8. The smallest absolute Gasteiger partial charge is 0.0708 e. The van der Waals surface area contributed by atoms with E-state index in [0.717, 1.165) is 13.1 Å². The van der Waals surface area contributed by atoms with Crippen LogP contribution in [0.4, 0.5) is 0 Å². The van der Waals surface area contributed by atoms with E-state index in [1.54, 1.807) is 0 Å². The van der Waals surface area contributed by atoms with Gasteiger partial charge in [0.25, 0.3) is 0 Å². The van der Waals surface area contributed by atoms with E-state index in [2.05, 4.69) is 36.7 Å². The first-order valence-electron chi connectivity index (χ1n) is 8.02. The summed E-state index contributed by atoms with van der Waals surface area (Å²) in [7, 11) is 0. The number of ether oxygens (including phenoxy) is 1. The molecule has 3 heteroatoms. The van der Waals surface area contributed by atoms with Gasteiger partial charge in [0, 0.05) is 23.4 Å². The first kappa shape index (κ1) is 14.6. The summed E-state index contributed by atoms with van der Waals surface area (Å²) < 4.78 is 6.36. The minimum absolute atomic E-state index is 0.220. The number of rotatable bonds is 5. The first-order valence-corrected chi connectivity index (χ1v) is 8.90. The van der Waals surface area contributed by atoms with Crippen LogP contribution in [-0.2, 0) is 10.2 Å². The zero-order valence-corrected chi connectivity index (χ0v) is 13.6. The van der Waals surface area contributed by atoms with E-state index in [1.807, 2.05) is 11.3 Å². The Kier molecular flexibility index (Phi) is 4.21. The van der Waals surface area contributed by atoms with E-state index in [9.17, 15) is 0 Å². The quantitative estimate of drug-likeness (QED) is 0.882. The molecule has 0 radical (unpaired) electrons. The van der Waals surface area contributed by atoms with Crippen molar-refractivity contribution in [2.75, 3.05) is 13.1 Å². The second-order valence-corrected chi connectivity index (χ2v) is 8.11. The Bertz CT molecular complexity index is 420. The summed E-state index contributed by atoms with van der Waals surface area (Å²) in [5, 5.41) is 5.81. The minimum atomic E-state index is 0.220. The Morgan fingerprint density at radius 2 is 2.15 bits per heavy atom. The fourth-order valence-corrected chi connectivity index (χ4v) is 4.57. The molecular formula is C17H27NOS. The lowest BCUT2D eigenvalue weighted by atomic mass is 9.91. The SMILES string of the molecule is CC(C)(CNCC1CCC2(CCCC2)O1)c1cccs1. The molecule has 1 aliphatic carbocycles. The number of nitrogens with one attached hydrogen (secondary N) is 1. The van der Waals surface area contributed by atoms with Crippen LogP contribution in [0, 0.1) is 0 Å². The van der Waals surface area contributed by atoms with Gasteiger partial charge in [0.1, 0.15) is 0 Å². The van der Waals surface area contributed by atoms with Crippen LogP contribution in [0.25, 0.3) is 0 Å². The molecule has 1 aromatic rings. The van der Waals surface area contributed by atoms with Crippen molar-refractivity contribution in [1.82, 2.24) is 5.32 Å². The van der Waals surface area contributed by atoms with E-state index in [0.29, 0.717) is 6.10 Å². The Labute approximate surface area is 126 Å².